The van der Waals surface area contributed by atoms with E-state index in [0.29, 0.717) is 40.3 Å². The average Bonchev–Trinajstić information content (AvgIpc) is 3.20. The number of hydrogen-bond donors (Lipinski definition) is 1. The van der Waals surface area contributed by atoms with Gasteiger partial charge in [-0.3, -0.25) is 4.79 Å². The molecule has 0 bridgehead atoms. The van der Waals surface area contributed by atoms with Crippen LogP contribution >= 0.6 is 11.8 Å². The minimum atomic E-state index is -0.195. The second kappa shape index (κ2) is 10.0. The first-order chi connectivity index (χ1) is 14.5. The molecule has 0 radical (unpaired) electrons. The van der Waals surface area contributed by atoms with Crippen LogP contribution in [-0.2, 0) is 12.3 Å². The molecule has 0 aliphatic carbocycles. The molecule has 0 aliphatic rings. The highest BCUT2D eigenvalue weighted by Crippen LogP contribution is 2.34. The van der Waals surface area contributed by atoms with Gasteiger partial charge in [0.1, 0.15) is 5.75 Å². The third kappa shape index (κ3) is 5.04. The molecule has 3 aromatic rings. The number of amides is 1. The summed E-state index contributed by atoms with van der Waals surface area (Å²) >= 11 is 1.48. The molecule has 8 nitrogen and oxygen atoms in total. The molecule has 1 aromatic heterocycles. The van der Waals surface area contributed by atoms with Crippen molar-refractivity contribution in [1.29, 1.82) is 0 Å². The monoisotopic (exact) mass is 429 g/mol. The van der Waals surface area contributed by atoms with Crippen LogP contribution in [0.25, 0.3) is 0 Å². The Balaban J connectivity index is 1.72. The van der Waals surface area contributed by atoms with Crippen LogP contribution in [0.2, 0.25) is 0 Å². The highest BCUT2D eigenvalue weighted by atomic mass is 32.2. The van der Waals surface area contributed by atoms with Crippen molar-refractivity contribution in [2.75, 3.05) is 21.3 Å². The Bertz CT molecular complexity index is 1020. The fraction of sp³-hybridized carbons (Fsp3) is 0.286. The van der Waals surface area contributed by atoms with Gasteiger partial charge >= 0.3 is 0 Å². The van der Waals surface area contributed by atoms with Crippen LogP contribution in [0.4, 0.5) is 0 Å². The molecule has 0 spiro atoms. The molecule has 1 heterocycles. The molecule has 0 atom stereocenters. The van der Waals surface area contributed by atoms with Crippen molar-refractivity contribution in [1.82, 2.24) is 15.5 Å². The van der Waals surface area contributed by atoms with E-state index in [1.54, 1.807) is 46.5 Å². The van der Waals surface area contributed by atoms with Gasteiger partial charge in [0.15, 0.2) is 17.3 Å². The predicted molar refractivity (Wildman–Crippen MR) is 112 cm³/mol. The van der Waals surface area contributed by atoms with Crippen LogP contribution in [0.15, 0.2) is 45.8 Å². The lowest BCUT2D eigenvalue weighted by atomic mass is 10.1. The van der Waals surface area contributed by atoms with Crippen LogP contribution in [0.3, 0.4) is 0 Å². The SMILES string of the molecule is COc1cc(OC)c(OC)cc1CNC(=O)c1ccccc1SCc1noc(C)n1. The zero-order valence-electron chi connectivity index (χ0n) is 17.2. The molecular formula is C21H23N3O5S. The van der Waals surface area contributed by atoms with Gasteiger partial charge in [0.05, 0.1) is 32.6 Å². The van der Waals surface area contributed by atoms with E-state index in [2.05, 4.69) is 15.5 Å². The molecule has 0 saturated heterocycles. The van der Waals surface area contributed by atoms with Gasteiger partial charge in [0, 0.05) is 30.0 Å². The number of aryl methyl sites for hydroxylation is 1. The van der Waals surface area contributed by atoms with Crippen molar-refractivity contribution in [2.45, 2.75) is 24.1 Å². The fourth-order valence-corrected chi connectivity index (χ4v) is 3.72. The second-order valence-corrected chi connectivity index (χ2v) is 7.23. The smallest absolute Gasteiger partial charge is 0.252 e. The first-order valence-corrected chi connectivity index (χ1v) is 10.1. The largest absolute Gasteiger partial charge is 0.496 e. The number of benzene rings is 2. The molecule has 2 aromatic carbocycles. The fourth-order valence-electron chi connectivity index (χ4n) is 2.82. The van der Waals surface area contributed by atoms with Gasteiger partial charge in [-0.15, -0.1) is 11.8 Å². The minimum Gasteiger partial charge on any atom is -0.496 e. The number of methoxy groups -OCH3 is 3. The summed E-state index contributed by atoms with van der Waals surface area (Å²) in [5, 5.41) is 6.83. The Hall–Kier alpha value is -3.20. The van der Waals surface area contributed by atoms with E-state index in [1.165, 1.54) is 11.8 Å². The van der Waals surface area contributed by atoms with Crippen molar-refractivity contribution in [3.8, 4) is 17.2 Å². The van der Waals surface area contributed by atoms with Crippen molar-refractivity contribution < 1.29 is 23.5 Å². The summed E-state index contributed by atoms with van der Waals surface area (Å²) in [6.07, 6.45) is 0. The number of carbonyl (C=O) groups is 1. The third-order valence-electron chi connectivity index (χ3n) is 4.28. The van der Waals surface area contributed by atoms with Gasteiger partial charge in [0.2, 0.25) is 5.89 Å². The Morgan fingerprint density at radius 3 is 2.43 bits per heavy atom. The van der Waals surface area contributed by atoms with E-state index in [9.17, 15) is 4.79 Å². The first kappa shape index (κ1) is 21.5. The lowest BCUT2D eigenvalue weighted by Crippen LogP contribution is -2.23. The molecule has 9 heteroatoms. The Labute approximate surface area is 178 Å². The molecule has 158 valence electrons. The number of nitrogens with zero attached hydrogens (tertiary/aromatic N) is 2. The highest BCUT2D eigenvalue weighted by molar-refractivity contribution is 7.98. The normalized spacial score (nSPS) is 10.5. The summed E-state index contributed by atoms with van der Waals surface area (Å²) in [6.45, 7) is 2.01. The lowest BCUT2D eigenvalue weighted by molar-refractivity contribution is 0.0947. The summed E-state index contributed by atoms with van der Waals surface area (Å²) in [5.74, 6) is 3.13. The van der Waals surface area contributed by atoms with Crippen molar-refractivity contribution in [3.05, 3.63) is 59.2 Å². The topological polar surface area (TPSA) is 95.7 Å². The van der Waals surface area contributed by atoms with Crippen molar-refractivity contribution >= 4 is 17.7 Å². The summed E-state index contributed by atoms with van der Waals surface area (Å²) < 4.78 is 21.1. The molecule has 1 N–H and O–H groups in total. The van der Waals surface area contributed by atoms with E-state index in [0.717, 1.165) is 10.5 Å². The average molecular weight is 429 g/mol. The molecule has 0 unspecified atom stereocenters. The number of aromatic nitrogens is 2. The first-order valence-electron chi connectivity index (χ1n) is 9.13. The maximum absolute atomic E-state index is 12.9. The van der Waals surface area contributed by atoms with Crippen LogP contribution in [-0.4, -0.2) is 37.4 Å². The Morgan fingerprint density at radius 2 is 1.77 bits per heavy atom. The zero-order chi connectivity index (χ0) is 21.5. The molecule has 0 fully saturated rings. The standard InChI is InChI=1S/C21H23N3O5S/c1-13-23-20(24-29-13)12-30-19-8-6-5-7-15(19)21(25)22-11-14-9-17(27-3)18(28-4)10-16(14)26-2/h5-10H,11-12H2,1-4H3,(H,22,25). The van der Waals surface area contributed by atoms with Gasteiger partial charge in [-0.05, 0) is 18.2 Å². The van der Waals surface area contributed by atoms with Gasteiger partial charge in [0.25, 0.3) is 5.91 Å². The number of carbonyl (C=O) groups excluding carboxylic acids is 1. The zero-order valence-corrected chi connectivity index (χ0v) is 18.0. The van der Waals surface area contributed by atoms with Gasteiger partial charge in [-0.25, -0.2) is 0 Å². The quantitative estimate of drug-likeness (QED) is 0.515. The van der Waals surface area contributed by atoms with Crippen LogP contribution in [0, 0.1) is 6.92 Å². The number of hydrogen-bond acceptors (Lipinski definition) is 8. The minimum absolute atomic E-state index is 0.195. The molecule has 3 rings (SSSR count). The Morgan fingerprint density at radius 1 is 1.07 bits per heavy atom. The lowest BCUT2D eigenvalue weighted by Gasteiger charge is -2.15. The second-order valence-electron chi connectivity index (χ2n) is 6.22. The molecular weight excluding hydrogens is 406 g/mol. The van der Waals surface area contributed by atoms with Crippen LogP contribution in [0.5, 0.6) is 17.2 Å². The number of thioether (sulfide) groups is 1. The van der Waals surface area contributed by atoms with E-state index in [-0.39, 0.29) is 12.5 Å². The summed E-state index contributed by atoms with van der Waals surface area (Å²) in [4.78, 5) is 17.9. The van der Waals surface area contributed by atoms with E-state index < -0.39 is 0 Å². The van der Waals surface area contributed by atoms with Crippen LogP contribution < -0.4 is 19.5 Å². The van der Waals surface area contributed by atoms with E-state index in [1.807, 2.05) is 18.2 Å². The van der Waals surface area contributed by atoms with Crippen molar-refractivity contribution in [2.24, 2.45) is 0 Å². The molecule has 1 amide bonds. The number of ether oxygens (including phenoxy) is 3. The predicted octanol–water partition coefficient (Wildman–Crippen LogP) is 3.63. The summed E-state index contributed by atoms with van der Waals surface area (Å²) in [6, 6.07) is 10.9. The van der Waals surface area contributed by atoms with E-state index >= 15 is 0 Å². The van der Waals surface area contributed by atoms with Gasteiger partial charge < -0.3 is 24.1 Å². The maximum Gasteiger partial charge on any atom is 0.252 e. The molecule has 0 aliphatic heterocycles. The van der Waals surface area contributed by atoms with E-state index in [4.69, 9.17) is 18.7 Å². The molecule has 30 heavy (non-hydrogen) atoms. The molecule has 0 saturated carbocycles. The van der Waals surface area contributed by atoms with Gasteiger partial charge in [-0.1, -0.05) is 17.3 Å². The van der Waals surface area contributed by atoms with Crippen molar-refractivity contribution in [3.63, 3.8) is 0 Å². The Kier molecular flexibility index (Phi) is 7.18. The van der Waals surface area contributed by atoms with Gasteiger partial charge in [-0.2, -0.15) is 4.98 Å². The number of rotatable bonds is 9. The maximum atomic E-state index is 12.9. The highest BCUT2D eigenvalue weighted by Gasteiger charge is 2.16. The third-order valence-corrected chi connectivity index (χ3v) is 5.35. The summed E-state index contributed by atoms with van der Waals surface area (Å²) in [5.41, 5.74) is 1.35. The van der Waals surface area contributed by atoms with Crippen LogP contribution in [0.1, 0.15) is 27.6 Å². The number of nitrogens with one attached hydrogen (secondary N) is 1. The summed E-state index contributed by atoms with van der Waals surface area (Å²) in [7, 11) is 4.69.